The van der Waals surface area contributed by atoms with Gasteiger partial charge in [-0.15, -0.1) is 0 Å². The zero-order valence-corrected chi connectivity index (χ0v) is 62.8. The van der Waals surface area contributed by atoms with Gasteiger partial charge in [-0.2, -0.15) is 0 Å². The Labute approximate surface area is 578 Å². The highest BCUT2D eigenvalue weighted by molar-refractivity contribution is 6.00. The number of ether oxygens (including phenoxy) is 3. The van der Waals surface area contributed by atoms with Crippen molar-refractivity contribution in [2.24, 2.45) is 47.3 Å². The zero-order valence-electron chi connectivity index (χ0n) is 62.8. The lowest BCUT2D eigenvalue weighted by Gasteiger charge is -2.50. The van der Waals surface area contributed by atoms with Crippen LogP contribution in [0.4, 0.5) is 0 Å². The number of rotatable bonds is 20. The Bertz CT molecular complexity index is 2720. The van der Waals surface area contributed by atoms with Crippen molar-refractivity contribution in [3.05, 3.63) is 12.2 Å². The van der Waals surface area contributed by atoms with E-state index in [1.165, 1.54) is 98.7 Å². The molecule has 0 aromatic carbocycles. The molecule has 97 heavy (non-hydrogen) atoms. The number of fused-ring (bicyclic) bond motifs is 1. The van der Waals surface area contributed by atoms with E-state index >= 15 is 33.6 Å². The van der Waals surface area contributed by atoms with E-state index in [9.17, 15) is 24.0 Å². The second-order valence-electron chi connectivity index (χ2n) is 29.3. The number of nitrogens with zero attached hydrogens (tertiary/aromatic N) is 8. The van der Waals surface area contributed by atoms with Gasteiger partial charge in [-0.05, 0) is 108 Å². The van der Waals surface area contributed by atoms with Crippen LogP contribution in [0.1, 0.15) is 169 Å². The number of allylic oxidation sites excluding steroid dienone is 1. The molecule has 3 saturated heterocycles. The normalized spacial score (nSPS) is 28.2. The van der Waals surface area contributed by atoms with Crippen LogP contribution in [0.25, 0.3) is 0 Å². The maximum absolute atomic E-state index is 15.2. The molecular formula is C71H122N10O16. The van der Waals surface area contributed by atoms with Gasteiger partial charge in [0.15, 0.2) is 17.6 Å². The molecule has 26 nitrogen and oxygen atoms in total. The Kier molecular flexibility index (Phi) is 34.5. The highest BCUT2D eigenvalue weighted by atomic mass is 16.7. The minimum absolute atomic E-state index is 0.0138. The van der Waals surface area contributed by atoms with Gasteiger partial charge in [-0.3, -0.25) is 62.5 Å². The average Bonchev–Trinajstić information content (AvgIpc) is 0.754. The molecule has 0 unspecified atom stereocenters. The maximum Gasteiger partial charge on any atom is 0.330 e. The molecule has 3 aliphatic rings. The molecule has 9 amide bonds. The molecule has 3 aliphatic heterocycles. The molecule has 3 fully saturated rings. The van der Waals surface area contributed by atoms with E-state index in [4.69, 9.17) is 19.0 Å². The van der Waals surface area contributed by atoms with Gasteiger partial charge in [-0.1, -0.05) is 96.1 Å². The van der Waals surface area contributed by atoms with Crippen LogP contribution in [0.3, 0.4) is 0 Å². The highest BCUT2D eigenvalue weighted by Crippen LogP contribution is 2.34. The van der Waals surface area contributed by atoms with E-state index in [0.717, 1.165) is 31.1 Å². The lowest BCUT2D eigenvalue weighted by molar-refractivity contribution is -0.321. The van der Waals surface area contributed by atoms with Crippen molar-refractivity contribution in [2.75, 3.05) is 88.9 Å². The number of nitrogens with one attached hydrogen (secondary N) is 2. The van der Waals surface area contributed by atoms with Gasteiger partial charge in [0.25, 0.3) is 5.91 Å². The summed E-state index contributed by atoms with van der Waals surface area (Å²) in [4.78, 5) is 192. The maximum atomic E-state index is 15.2. The van der Waals surface area contributed by atoms with Crippen LogP contribution in [0.2, 0.25) is 0 Å². The number of amides is 9. The summed E-state index contributed by atoms with van der Waals surface area (Å²) in [6.07, 6.45) is 2.28. The molecule has 26 heteroatoms. The molecule has 552 valence electrons. The van der Waals surface area contributed by atoms with E-state index in [0.29, 0.717) is 19.6 Å². The van der Waals surface area contributed by atoms with Gasteiger partial charge in [0.05, 0.1) is 32.5 Å². The number of likely N-dealkylation sites (N-methyl/N-ethyl adjacent to an activating group) is 6. The van der Waals surface area contributed by atoms with Crippen molar-refractivity contribution < 1.29 is 76.6 Å². The third-order valence-corrected chi connectivity index (χ3v) is 19.4. The van der Waals surface area contributed by atoms with Crippen molar-refractivity contribution in [1.82, 2.24) is 50.0 Å². The smallest absolute Gasteiger partial charge is 0.330 e. The molecule has 3 rings (SSSR count). The van der Waals surface area contributed by atoms with Gasteiger partial charge in [0.1, 0.15) is 48.4 Å². The van der Waals surface area contributed by atoms with E-state index in [-0.39, 0.29) is 69.3 Å². The summed E-state index contributed by atoms with van der Waals surface area (Å²) in [6, 6.07) is -11.1. The van der Waals surface area contributed by atoms with Crippen LogP contribution in [-0.2, 0) is 76.6 Å². The molecule has 0 aliphatic carbocycles. The number of ketones is 2. The number of unbranched alkanes of at least 4 members (excludes halogenated alkanes) is 1. The first kappa shape index (κ1) is 84.8. The van der Waals surface area contributed by atoms with Crippen molar-refractivity contribution in [2.45, 2.75) is 235 Å². The number of methoxy groups -OCH3 is 1. The molecule has 0 aromatic rings. The van der Waals surface area contributed by atoms with Crippen LogP contribution >= 0.6 is 0 Å². The SMILES string of the molecule is CC[C@@H]1NC(=O)[C@@H]2[C@@H]([C@H](C)C/C=C/C(=O)OC)ON2C(=O)[C@H](C(C)C)N(C)C(=O)[C@H](CC(C)C)N(C)C(=O)[C@H](CC(C)C)N(C)C(=O)[C@@H](C)NC(=O)[C@H](C)CC(=O)[C@H](CC(C)C)N(C)C(=O)[C@H](C(C)C)CC(=O)[C@H]([C@@H](C)OCCCCN2CCOCC2)N(C)C(=O)[C@@H](C)N(C)C1=O. The summed E-state index contributed by atoms with van der Waals surface area (Å²) in [6.45, 7) is 31.9. The molecule has 0 spiro atoms. The number of carbonyl (C=O) groups is 12. The summed E-state index contributed by atoms with van der Waals surface area (Å²) < 4.78 is 16.7. The zero-order chi connectivity index (χ0) is 73.8. The molecule has 0 radical (unpaired) electrons. The van der Waals surface area contributed by atoms with Crippen molar-refractivity contribution >= 4 is 70.7 Å². The molecule has 2 N–H and O–H groups in total. The first-order valence-corrected chi connectivity index (χ1v) is 35.2. The summed E-state index contributed by atoms with van der Waals surface area (Å²) >= 11 is 0. The van der Waals surface area contributed by atoms with Crippen LogP contribution in [0.15, 0.2) is 12.2 Å². The topological polar surface area (TPSA) is 292 Å². The summed E-state index contributed by atoms with van der Waals surface area (Å²) in [7, 11) is 9.94. The molecule has 0 saturated carbocycles. The van der Waals surface area contributed by atoms with Crippen LogP contribution < -0.4 is 10.6 Å². The Hall–Kier alpha value is -6.38. The van der Waals surface area contributed by atoms with Crippen LogP contribution in [0, 0.1) is 47.3 Å². The number of carbonyl (C=O) groups excluding carboxylic acids is 12. The van der Waals surface area contributed by atoms with Gasteiger partial charge in [-0.25, -0.2) is 9.86 Å². The third-order valence-electron chi connectivity index (χ3n) is 19.4. The fourth-order valence-corrected chi connectivity index (χ4v) is 13.1. The van der Waals surface area contributed by atoms with Crippen molar-refractivity contribution in [3.8, 4) is 0 Å². The minimum atomic E-state index is -1.40. The van der Waals surface area contributed by atoms with Gasteiger partial charge in [0.2, 0.25) is 47.3 Å². The quantitative estimate of drug-likeness (QED) is 0.0941. The number of hydrogen-bond acceptors (Lipinski definition) is 17. The lowest BCUT2D eigenvalue weighted by Crippen LogP contribution is -2.72. The summed E-state index contributed by atoms with van der Waals surface area (Å²) in [5.41, 5.74) is 0. The number of esters is 1. The molecule has 0 aromatic heterocycles. The third kappa shape index (κ3) is 23.4. The minimum Gasteiger partial charge on any atom is -0.466 e. The number of morpholine rings is 1. The molecule has 3 heterocycles. The fourth-order valence-electron chi connectivity index (χ4n) is 13.1. The molecular weight excluding hydrogens is 1250 g/mol. The Balaban J connectivity index is 2.30. The first-order chi connectivity index (χ1) is 45.3. The van der Waals surface area contributed by atoms with E-state index < -0.39 is 167 Å². The monoisotopic (exact) mass is 1370 g/mol. The van der Waals surface area contributed by atoms with Gasteiger partial charge < -0.3 is 54.2 Å². The van der Waals surface area contributed by atoms with E-state index in [1.54, 1.807) is 61.5 Å². The van der Waals surface area contributed by atoms with Gasteiger partial charge in [0, 0.05) is 92.7 Å². The Morgan fingerprint density at radius 2 is 1.10 bits per heavy atom. The van der Waals surface area contributed by atoms with E-state index in [1.807, 2.05) is 41.5 Å². The number of hydroxylamine groups is 2. The Morgan fingerprint density at radius 1 is 0.577 bits per heavy atom. The second kappa shape index (κ2) is 39.4. The van der Waals surface area contributed by atoms with Crippen LogP contribution in [-0.4, -0.2) is 265 Å². The molecule has 14 atom stereocenters. The highest BCUT2D eigenvalue weighted by Gasteiger charge is 2.55. The van der Waals surface area contributed by atoms with Crippen LogP contribution in [0.5, 0.6) is 0 Å². The Morgan fingerprint density at radius 3 is 1.63 bits per heavy atom. The van der Waals surface area contributed by atoms with Crippen molar-refractivity contribution in [1.29, 1.82) is 0 Å². The predicted octanol–water partition coefficient (Wildman–Crippen LogP) is 4.79. The lowest BCUT2D eigenvalue weighted by atomic mass is 9.85. The largest absolute Gasteiger partial charge is 0.466 e. The number of hydrogen-bond donors (Lipinski definition) is 2. The standard InChI is InChI=1S/C71H122N10O16/c1-24-52-68(90)74(17)49(15)66(88)79(22)60(50(16)96-33-26-25-30-80-31-34-95-35-32-80)57(83)40-51(44(8)9)67(89)75(18)53(36-41(2)3)56(82)39-47(13)63(85)72-48(14)65(87)76(19)54(37-42(4)5)69(91)77(20)55(38-43(6)7)70(92)78(21)59(45(10)11)71(93)81-61(64(86)73-52)62(97-81)46(12)28-27-29-58(84)94-23/h27,29,41-55,59-62H,24-26,28,30-40H2,1-23H3,(H,72,85)(H,73,86)/b29-27+/t46-,47-,48-,49-,50-,51+,52+,53+,54+,55+,59+,60+,61+,62-/m1/s1. The van der Waals surface area contributed by atoms with Gasteiger partial charge >= 0.3 is 5.97 Å². The first-order valence-electron chi connectivity index (χ1n) is 35.2. The summed E-state index contributed by atoms with van der Waals surface area (Å²) in [5, 5.41) is 6.48. The molecule has 0 bridgehead atoms. The number of Topliss-reactive ketones (excluding diaryl/α,β-unsaturated/α-hetero) is 2. The predicted molar refractivity (Wildman–Crippen MR) is 367 cm³/mol. The van der Waals surface area contributed by atoms with Crippen molar-refractivity contribution in [3.63, 3.8) is 0 Å². The fraction of sp³-hybridized carbons (Fsp3) is 0.803. The average molecular weight is 1370 g/mol. The summed E-state index contributed by atoms with van der Waals surface area (Å²) in [5.74, 6) is -11.4. The van der Waals surface area contributed by atoms with E-state index in [2.05, 4.69) is 15.5 Å². The second-order valence-corrected chi connectivity index (χ2v) is 29.3.